The lowest BCUT2D eigenvalue weighted by atomic mass is 10.2. The highest BCUT2D eigenvalue weighted by Gasteiger charge is 2.32. The lowest BCUT2D eigenvalue weighted by Gasteiger charge is -2.10. The predicted molar refractivity (Wildman–Crippen MR) is 63.5 cm³/mol. The first kappa shape index (κ1) is 14.4. The van der Waals surface area contributed by atoms with Gasteiger partial charge in [-0.2, -0.15) is 13.2 Å². The second-order valence-electron chi connectivity index (χ2n) is 3.02. The predicted octanol–water partition coefficient (Wildman–Crippen LogP) is 4.24. The largest absolute Gasteiger partial charge is 0.416 e. The molecule has 0 aliphatic carbocycles. The fourth-order valence-electron chi connectivity index (χ4n) is 1.01. The van der Waals surface area contributed by atoms with Crippen molar-refractivity contribution < 1.29 is 13.2 Å². The molecule has 0 spiro atoms. The number of hydrogen-bond acceptors (Lipinski definition) is 1. The smallest absolute Gasteiger partial charge is 0.386 e. The first-order valence-electron chi connectivity index (χ1n) is 4.21. The number of nitrogens with two attached hydrogens (primary N) is 1. The van der Waals surface area contributed by atoms with Gasteiger partial charge in [-0.1, -0.05) is 23.2 Å². The van der Waals surface area contributed by atoms with Crippen molar-refractivity contribution >= 4 is 46.3 Å². The van der Waals surface area contributed by atoms with Gasteiger partial charge < -0.3 is 5.73 Å². The van der Waals surface area contributed by atoms with Gasteiger partial charge in [0.05, 0.1) is 21.5 Å². The van der Waals surface area contributed by atoms with Crippen LogP contribution in [-0.4, -0.2) is 11.7 Å². The number of rotatable bonds is 2. The van der Waals surface area contributed by atoms with Crippen molar-refractivity contribution in [3.8, 4) is 0 Å². The number of aliphatic imine (C=N–C) groups is 1. The molecule has 0 unspecified atom stereocenters. The molecule has 0 bridgehead atoms. The van der Waals surface area contributed by atoms with E-state index in [2.05, 4.69) is 4.99 Å². The van der Waals surface area contributed by atoms with E-state index >= 15 is 0 Å². The van der Waals surface area contributed by atoms with E-state index in [1.807, 2.05) is 0 Å². The standard InChI is InChI=1S/C9H6Cl3F3N2/c10-3-7(16)17-8-5(11)1-4(2-6(8)12)9(13,14)15/h1-2H,3H2,(H2,16,17). The minimum absolute atomic E-state index is 0.00947. The molecule has 94 valence electrons. The van der Waals surface area contributed by atoms with Crippen LogP contribution in [0.25, 0.3) is 0 Å². The maximum absolute atomic E-state index is 12.4. The number of halogens is 6. The highest BCUT2D eigenvalue weighted by Crippen LogP contribution is 2.39. The number of benzene rings is 1. The molecule has 0 aromatic heterocycles. The third-order valence-corrected chi connectivity index (χ3v) is 2.59. The SMILES string of the molecule is NC(CCl)=Nc1c(Cl)cc(C(F)(F)F)cc1Cl. The van der Waals surface area contributed by atoms with Crippen LogP contribution >= 0.6 is 34.8 Å². The van der Waals surface area contributed by atoms with Crippen molar-refractivity contribution in [1.82, 2.24) is 0 Å². The van der Waals surface area contributed by atoms with Crippen LogP contribution in [0.15, 0.2) is 17.1 Å². The van der Waals surface area contributed by atoms with Gasteiger partial charge in [-0.25, -0.2) is 4.99 Å². The molecule has 0 aliphatic rings. The van der Waals surface area contributed by atoms with E-state index < -0.39 is 11.7 Å². The molecule has 0 heterocycles. The van der Waals surface area contributed by atoms with Crippen molar-refractivity contribution in [1.29, 1.82) is 0 Å². The van der Waals surface area contributed by atoms with Crippen LogP contribution in [-0.2, 0) is 6.18 Å². The molecular weight excluding hydrogens is 299 g/mol. The van der Waals surface area contributed by atoms with Gasteiger partial charge in [-0.3, -0.25) is 0 Å². The summed E-state index contributed by atoms with van der Waals surface area (Å²) < 4.78 is 37.2. The molecule has 0 saturated carbocycles. The van der Waals surface area contributed by atoms with E-state index in [0.717, 1.165) is 12.1 Å². The first-order chi connectivity index (χ1) is 7.75. The molecule has 2 nitrogen and oxygen atoms in total. The Morgan fingerprint density at radius 3 is 2.06 bits per heavy atom. The molecule has 2 N–H and O–H groups in total. The van der Waals surface area contributed by atoms with Crippen molar-refractivity contribution in [2.24, 2.45) is 10.7 Å². The first-order valence-corrected chi connectivity index (χ1v) is 5.50. The number of alkyl halides is 4. The van der Waals surface area contributed by atoms with Crippen LogP contribution in [0, 0.1) is 0 Å². The summed E-state index contributed by atoms with van der Waals surface area (Å²) in [6.07, 6.45) is -4.52. The average molecular weight is 306 g/mol. The fraction of sp³-hybridized carbons (Fsp3) is 0.222. The van der Waals surface area contributed by atoms with E-state index in [9.17, 15) is 13.2 Å². The molecule has 1 rings (SSSR count). The molecular formula is C9H6Cl3F3N2. The van der Waals surface area contributed by atoms with Gasteiger partial charge in [0, 0.05) is 0 Å². The zero-order chi connectivity index (χ0) is 13.2. The van der Waals surface area contributed by atoms with Crippen LogP contribution in [0.3, 0.4) is 0 Å². The minimum atomic E-state index is -4.52. The highest BCUT2D eigenvalue weighted by molar-refractivity contribution is 6.39. The van der Waals surface area contributed by atoms with Gasteiger partial charge in [-0.05, 0) is 12.1 Å². The van der Waals surface area contributed by atoms with Gasteiger partial charge in [-0.15, -0.1) is 11.6 Å². The Balaban J connectivity index is 3.30. The maximum atomic E-state index is 12.4. The van der Waals surface area contributed by atoms with Crippen LogP contribution < -0.4 is 5.73 Å². The normalized spacial score (nSPS) is 12.9. The zero-order valence-electron chi connectivity index (χ0n) is 8.15. The minimum Gasteiger partial charge on any atom is -0.386 e. The summed E-state index contributed by atoms with van der Waals surface area (Å²) in [6, 6.07) is 1.46. The summed E-state index contributed by atoms with van der Waals surface area (Å²) in [7, 11) is 0. The second-order valence-corrected chi connectivity index (χ2v) is 4.10. The third kappa shape index (κ3) is 3.66. The molecule has 0 fully saturated rings. The summed E-state index contributed by atoms with van der Waals surface area (Å²) in [5, 5.41) is -0.476. The lowest BCUT2D eigenvalue weighted by Crippen LogP contribution is -2.12. The summed E-state index contributed by atoms with van der Waals surface area (Å²) in [5.41, 5.74) is 4.37. The van der Waals surface area contributed by atoms with Gasteiger partial charge >= 0.3 is 6.18 Å². The number of hydrogen-bond donors (Lipinski definition) is 1. The highest BCUT2D eigenvalue weighted by atomic mass is 35.5. The quantitative estimate of drug-likeness (QED) is 0.495. The average Bonchev–Trinajstić information content (AvgIpc) is 2.21. The van der Waals surface area contributed by atoms with E-state index in [-0.39, 0.29) is 27.4 Å². The van der Waals surface area contributed by atoms with Crippen molar-refractivity contribution in [2.45, 2.75) is 6.18 Å². The summed E-state index contributed by atoms with van der Waals surface area (Å²) >= 11 is 16.7. The van der Waals surface area contributed by atoms with E-state index in [4.69, 9.17) is 40.5 Å². The van der Waals surface area contributed by atoms with Gasteiger partial charge in [0.2, 0.25) is 0 Å². The molecule has 17 heavy (non-hydrogen) atoms. The van der Waals surface area contributed by atoms with Crippen LogP contribution in [0.2, 0.25) is 10.0 Å². The summed E-state index contributed by atoms with van der Waals surface area (Å²) in [6.45, 7) is 0. The van der Waals surface area contributed by atoms with Gasteiger partial charge in [0.15, 0.2) is 0 Å². The summed E-state index contributed by atoms with van der Waals surface area (Å²) in [4.78, 5) is 3.73. The molecule has 8 heteroatoms. The Hall–Kier alpha value is -0.650. The topological polar surface area (TPSA) is 38.4 Å². The fourth-order valence-corrected chi connectivity index (χ4v) is 1.64. The Bertz CT molecular complexity index is 434. The Morgan fingerprint density at radius 2 is 1.71 bits per heavy atom. The molecule has 0 aliphatic heterocycles. The molecule has 0 amide bonds. The van der Waals surface area contributed by atoms with Crippen LogP contribution in [0.5, 0.6) is 0 Å². The molecule has 1 aromatic rings. The Labute approximate surface area is 110 Å². The number of nitrogens with zero attached hydrogens (tertiary/aromatic N) is 1. The van der Waals surface area contributed by atoms with Gasteiger partial charge in [0.25, 0.3) is 0 Å². The zero-order valence-corrected chi connectivity index (χ0v) is 10.4. The lowest BCUT2D eigenvalue weighted by molar-refractivity contribution is -0.137. The Kier molecular flexibility index (Phi) is 4.52. The van der Waals surface area contributed by atoms with Crippen LogP contribution in [0.4, 0.5) is 18.9 Å². The second kappa shape index (κ2) is 5.33. The molecule has 1 aromatic carbocycles. The monoisotopic (exact) mass is 304 g/mol. The molecule has 0 saturated heterocycles. The maximum Gasteiger partial charge on any atom is 0.416 e. The van der Waals surface area contributed by atoms with Crippen molar-refractivity contribution in [2.75, 3.05) is 5.88 Å². The Morgan fingerprint density at radius 1 is 1.24 bits per heavy atom. The van der Waals surface area contributed by atoms with E-state index in [0.29, 0.717) is 0 Å². The van der Waals surface area contributed by atoms with Crippen molar-refractivity contribution in [3.05, 3.63) is 27.7 Å². The summed E-state index contributed by atoms with van der Waals surface area (Å²) in [5.74, 6) is -0.0662. The van der Waals surface area contributed by atoms with Gasteiger partial charge in [0.1, 0.15) is 11.5 Å². The van der Waals surface area contributed by atoms with E-state index in [1.165, 1.54) is 0 Å². The number of amidine groups is 1. The van der Waals surface area contributed by atoms with Crippen molar-refractivity contribution in [3.63, 3.8) is 0 Å². The molecule has 0 atom stereocenters. The third-order valence-electron chi connectivity index (χ3n) is 1.74. The van der Waals surface area contributed by atoms with E-state index in [1.54, 1.807) is 0 Å². The van der Waals surface area contributed by atoms with Crippen LogP contribution in [0.1, 0.15) is 5.56 Å². The molecule has 0 radical (unpaired) electrons.